The van der Waals surface area contributed by atoms with Crippen LogP contribution in [-0.4, -0.2) is 29.8 Å². The van der Waals surface area contributed by atoms with E-state index in [0.717, 1.165) is 4.52 Å². The van der Waals surface area contributed by atoms with Crippen LogP contribution in [0.25, 0.3) is 5.78 Å². The number of hydrogen-bond acceptors (Lipinski definition) is 5. The van der Waals surface area contributed by atoms with Crippen molar-refractivity contribution in [2.75, 3.05) is 0 Å². The van der Waals surface area contributed by atoms with E-state index >= 15 is 0 Å². The Balaban J connectivity index is 3.07. The maximum absolute atomic E-state index is 11.3. The molecule has 0 unspecified atom stereocenters. The molecule has 0 amide bonds. The fourth-order valence-corrected chi connectivity index (χ4v) is 0.981. The van der Waals surface area contributed by atoms with Gasteiger partial charge in [0.25, 0.3) is 11.3 Å². The van der Waals surface area contributed by atoms with Crippen molar-refractivity contribution in [3.05, 3.63) is 16.0 Å². The molecule has 0 spiro atoms. The fourth-order valence-electron chi connectivity index (χ4n) is 0.981. The molecule has 0 aliphatic rings. The van der Waals surface area contributed by atoms with Gasteiger partial charge in [0.1, 0.15) is 5.69 Å². The maximum atomic E-state index is 11.3. The highest BCUT2D eigenvalue weighted by atomic mass is 16.1. The molecule has 0 aliphatic heterocycles. The van der Waals surface area contributed by atoms with Crippen molar-refractivity contribution < 1.29 is 0 Å². The molecule has 0 aromatic carbocycles. The second-order valence-corrected chi connectivity index (χ2v) is 2.40. The average Bonchev–Trinajstić information content (AvgIpc) is 2.48. The summed E-state index contributed by atoms with van der Waals surface area (Å²) < 4.78 is 2.57. The average molecular weight is 166 g/mol. The smallest absolute Gasteiger partial charge is 0.265 e. The van der Waals surface area contributed by atoms with E-state index in [-0.39, 0.29) is 5.56 Å². The third-order valence-electron chi connectivity index (χ3n) is 1.54. The van der Waals surface area contributed by atoms with Crippen LogP contribution in [-0.2, 0) is 7.05 Å². The summed E-state index contributed by atoms with van der Waals surface area (Å²) in [4.78, 5) is 11.3. The number of hydrogen-bond donors (Lipinski definition) is 0. The standard InChI is InChI=1S/C5H6N6O/c1-3-4(12)11-5(6-8-9-11)10(2)7-3/h1-2H3. The van der Waals surface area contributed by atoms with Crippen molar-refractivity contribution in [2.45, 2.75) is 6.92 Å². The zero-order valence-corrected chi connectivity index (χ0v) is 6.59. The minimum Gasteiger partial charge on any atom is -0.265 e. The van der Waals surface area contributed by atoms with Gasteiger partial charge in [-0.3, -0.25) is 4.79 Å². The molecule has 0 saturated carbocycles. The molecule has 0 N–H and O–H groups in total. The molecule has 62 valence electrons. The molecule has 0 atom stereocenters. The largest absolute Gasteiger partial charge is 0.298 e. The molecule has 0 fully saturated rings. The van der Waals surface area contributed by atoms with E-state index in [9.17, 15) is 4.79 Å². The van der Waals surface area contributed by atoms with E-state index in [0.29, 0.717) is 11.5 Å². The highest BCUT2D eigenvalue weighted by Crippen LogP contribution is 1.88. The minimum atomic E-state index is -0.284. The van der Waals surface area contributed by atoms with Crippen molar-refractivity contribution in [1.29, 1.82) is 0 Å². The second-order valence-electron chi connectivity index (χ2n) is 2.40. The summed E-state index contributed by atoms with van der Waals surface area (Å²) in [6.45, 7) is 1.61. The first kappa shape index (κ1) is 6.89. The first-order valence-electron chi connectivity index (χ1n) is 3.32. The first-order valence-corrected chi connectivity index (χ1v) is 3.32. The topological polar surface area (TPSA) is 78.0 Å². The van der Waals surface area contributed by atoms with Crippen molar-refractivity contribution in [3.63, 3.8) is 0 Å². The number of rotatable bonds is 0. The van der Waals surface area contributed by atoms with Gasteiger partial charge in [0.05, 0.1) is 0 Å². The highest BCUT2D eigenvalue weighted by molar-refractivity contribution is 5.22. The molecular formula is C5H6N6O. The summed E-state index contributed by atoms with van der Waals surface area (Å²) >= 11 is 0. The summed E-state index contributed by atoms with van der Waals surface area (Å²) in [6.07, 6.45) is 0. The lowest BCUT2D eigenvalue weighted by molar-refractivity contribution is 0.681. The van der Waals surface area contributed by atoms with E-state index < -0.39 is 0 Å². The van der Waals surface area contributed by atoms with E-state index in [2.05, 4.69) is 20.6 Å². The summed E-state index contributed by atoms with van der Waals surface area (Å²) in [5.41, 5.74) is 0.0883. The molecule has 0 aliphatic carbocycles. The van der Waals surface area contributed by atoms with Gasteiger partial charge in [0.15, 0.2) is 0 Å². The SMILES string of the molecule is Cc1nn(C)c2nnnn2c1=O. The third kappa shape index (κ3) is 0.728. The molecule has 2 aromatic rings. The number of fused-ring (bicyclic) bond motifs is 1. The van der Waals surface area contributed by atoms with E-state index in [1.165, 1.54) is 4.68 Å². The Hall–Kier alpha value is -1.79. The Morgan fingerprint density at radius 1 is 1.42 bits per heavy atom. The molecule has 7 heteroatoms. The molecule has 12 heavy (non-hydrogen) atoms. The first-order chi connectivity index (χ1) is 5.70. The summed E-state index contributed by atoms with van der Waals surface area (Å²) in [5.74, 6) is 0.339. The lowest BCUT2D eigenvalue weighted by atomic mass is 10.5. The number of aromatic nitrogens is 6. The van der Waals surface area contributed by atoms with Gasteiger partial charge in [-0.1, -0.05) is 5.10 Å². The van der Waals surface area contributed by atoms with Gasteiger partial charge in [0.2, 0.25) is 0 Å². The van der Waals surface area contributed by atoms with Crippen LogP contribution in [0.15, 0.2) is 4.79 Å². The van der Waals surface area contributed by atoms with E-state index in [1.54, 1.807) is 14.0 Å². The maximum Gasteiger partial charge on any atom is 0.298 e. The zero-order chi connectivity index (χ0) is 8.72. The molecule has 2 heterocycles. The molecular weight excluding hydrogens is 160 g/mol. The molecule has 2 aromatic heterocycles. The Morgan fingerprint density at radius 3 is 2.92 bits per heavy atom. The third-order valence-corrected chi connectivity index (χ3v) is 1.54. The summed E-state index contributed by atoms with van der Waals surface area (Å²) in [6, 6.07) is 0. The van der Waals surface area contributed by atoms with Crippen LogP contribution in [0.3, 0.4) is 0 Å². The lowest BCUT2D eigenvalue weighted by Gasteiger charge is -1.97. The highest BCUT2D eigenvalue weighted by Gasteiger charge is 2.06. The van der Waals surface area contributed by atoms with Crippen LogP contribution in [0.5, 0.6) is 0 Å². The van der Waals surface area contributed by atoms with Crippen molar-refractivity contribution in [1.82, 2.24) is 29.8 Å². The van der Waals surface area contributed by atoms with Crippen LogP contribution < -0.4 is 5.56 Å². The fraction of sp³-hybridized carbons (Fsp3) is 0.400. The lowest BCUT2D eigenvalue weighted by Crippen LogP contribution is -2.23. The van der Waals surface area contributed by atoms with Crippen LogP contribution in [0.4, 0.5) is 0 Å². The van der Waals surface area contributed by atoms with Crippen LogP contribution in [0.2, 0.25) is 0 Å². The second kappa shape index (κ2) is 2.10. The zero-order valence-electron chi connectivity index (χ0n) is 6.59. The molecule has 0 bridgehead atoms. The van der Waals surface area contributed by atoms with E-state index in [4.69, 9.17) is 0 Å². The molecule has 7 nitrogen and oxygen atoms in total. The number of nitrogens with zero attached hydrogens (tertiary/aromatic N) is 6. The predicted octanol–water partition coefficient (Wildman–Crippen LogP) is -1.47. The van der Waals surface area contributed by atoms with Crippen molar-refractivity contribution in [3.8, 4) is 0 Å². The van der Waals surface area contributed by atoms with Crippen molar-refractivity contribution in [2.24, 2.45) is 7.05 Å². The molecule has 0 radical (unpaired) electrons. The van der Waals surface area contributed by atoms with Gasteiger partial charge in [-0.25, -0.2) is 4.68 Å². The Labute approximate surface area is 66.6 Å². The molecule has 2 rings (SSSR count). The summed E-state index contributed by atoms with van der Waals surface area (Å²) in [5, 5.41) is 14.4. The van der Waals surface area contributed by atoms with Crippen LogP contribution in [0.1, 0.15) is 5.69 Å². The van der Waals surface area contributed by atoms with Gasteiger partial charge in [0, 0.05) is 7.05 Å². The van der Waals surface area contributed by atoms with Gasteiger partial charge in [-0.05, 0) is 17.4 Å². The number of aryl methyl sites for hydroxylation is 2. The van der Waals surface area contributed by atoms with E-state index in [1.807, 2.05) is 0 Å². The van der Waals surface area contributed by atoms with Gasteiger partial charge in [-0.15, -0.1) is 4.52 Å². The van der Waals surface area contributed by atoms with Crippen molar-refractivity contribution >= 4 is 5.78 Å². The Kier molecular flexibility index (Phi) is 1.20. The number of tetrazole rings is 1. The Morgan fingerprint density at radius 2 is 2.17 bits per heavy atom. The summed E-state index contributed by atoms with van der Waals surface area (Å²) in [7, 11) is 1.68. The monoisotopic (exact) mass is 166 g/mol. The van der Waals surface area contributed by atoms with Crippen LogP contribution >= 0.6 is 0 Å². The minimum absolute atomic E-state index is 0.284. The van der Waals surface area contributed by atoms with Gasteiger partial charge < -0.3 is 0 Å². The Bertz CT molecular complexity index is 482. The quantitative estimate of drug-likeness (QED) is 0.477. The van der Waals surface area contributed by atoms with Gasteiger partial charge >= 0.3 is 0 Å². The normalized spacial score (nSPS) is 10.8. The van der Waals surface area contributed by atoms with Crippen LogP contribution in [0, 0.1) is 6.92 Å². The predicted molar refractivity (Wildman–Crippen MR) is 38.6 cm³/mol. The van der Waals surface area contributed by atoms with Gasteiger partial charge in [-0.2, -0.15) is 5.10 Å². The molecule has 0 saturated heterocycles.